The Bertz CT molecular complexity index is 523. The molecule has 1 aromatic heterocycles. The summed E-state index contributed by atoms with van der Waals surface area (Å²) in [5.41, 5.74) is 0.447. The fourth-order valence-corrected chi connectivity index (χ4v) is 3.35. The Labute approximate surface area is 137 Å². The Hall–Kier alpha value is -1.40. The minimum atomic E-state index is 0.0126. The summed E-state index contributed by atoms with van der Waals surface area (Å²) in [6, 6.07) is 2.07. The van der Waals surface area contributed by atoms with Crippen LogP contribution in [0.25, 0.3) is 0 Å². The van der Waals surface area contributed by atoms with E-state index in [1.807, 2.05) is 18.7 Å². The van der Waals surface area contributed by atoms with Gasteiger partial charge in [-0.05, 0) is 19.3 Å². The van der Waals surface area contributed by atoms with E-state index in [0.29, 0.717) is 5.69 Å². The van der Waals surface area contributed by atoms with Crippen LogP contribution in [0.2, 0.25) is 0 Å². The number of amides is 1. The predicted octanol–water partition coefficient (Wildman–Crippen LogP) is 2.12. The summed E-state index contributed by atoms with van der Waals surface area (Å²) >= 11 is 0. The highest BCUT2D eigenvalue weighted by Gasteiger charge is 2.31. The standard InChI is InChI=1S/C17H27N3O3/c1-13(2)16-11-15(18-23-16)17(21)20-6-4-3-5-14(20)12-19-7-9-22-10-8-19/h11,13-14H,3-10,12H2,1-2H3/t14-/m0/s1. The van der Waals surface area contributed by atoms with E-state index in [0.717, 1.165) is 58.0 Å². The average molecular weight is 321 g/mol. The maximum absolute atomic E-state index is 12.8. The average Bonchev–Trinajstić information content (AvgIpc) is 3.06. The molecule has 3 heterocycles. The Morgan fingerprint density at radius 3 is 2.78 bits per heavy atom. The van der Waals surface area contributed by atoms with Gasteiger partial charge in [-0.3, -0.25) is 9.69 Å². The number of morpholine rings is 1. The lowest BCUT2D eigenvalue weighted by Crippen LogP contribution is -2.51. The van der Waals surface area contributed by atoms with Crippen molar-refractivity contribution in [1.29, 1.82) is 0 Å². The molecular formula is C17H27N3O3. The summed E-state index contributed by atoms with van der Waals surface area (Å²) in [6.07, 6.45) is 3.33. The summed E-state index contributed by atoms with van der Waals surface area (Å²) in [5, 5.41) is 3.99. The highest BCUT2D eigenvalue weighted by molar-refractivity contribution is 5.92. The van der Waals surface area contributed by atoms with Crippen molar-refractivity contribution in [2.24, 2.45) is 0 Å². The molecule has 1 amide bonds. The number of likely N-dealkylation sites (tertiary alicyclic amines) is 1. The van der Waals surface area contributed by atoms with Crippen molar-refractivity contribution < 1.29 is 14.1 Å². The molecule has 128 valence electrons. The molecule has 0 spiro atoms. The number of aromatic nitrogens is 1. The zero-order valence-electron chi connectivity index (χ0n) is 14.2. The van der Waals surface area contributed by atoms with Crippen molar-refractivity contribution in [3.05, 3.63) is 17.5 Å². The molecule has 0 N–H and O–H groups in total. The minimum absolute atomic E-state index is 0.0126. The number of rotatable bonds is 4. The zero-order chi connectivity index (χ0) is 16.2. The first kappa shape index (κ1) is 16.5. The van der Waals surface area contributed by atoms with Crippen molar-refractivity contribution in [3.63, 3.8) is 0 Å². The van der Waals surface area contributed by atoms with Gasteiger partial charge < -0.3 is 14.2 Å². The van der Waals surface area contributed by atoms with Crippen molar-refractivity contribution >= 4 is 5.91 Å². The van der Waals surface area contributed by atoms with E-state index < -0.39 is 0 Å². The first-order valence-corrected chi connectivity index (χ1v) is 8.73. The quantitative estimate of drug-likeness (QED) is 0.850. The molecule has 1 aromatic rings. The Morgan fingerprint density at radius 2 is 2.09 bits per heavy atom. The van der Waals surface area contributed by atoms with Gasteiger partial charge >= 0.3 is 0 Å². The van der Waals surface area contributed by atoms with Gasteiger partial charge in [0.25, 0.3) is 5.91 Å². The molecule has 0 unspecified atom stereocenters. The molecule has 2 aliphatic rings. The Balaban J connectivity index is 1.67. The first-order chi connectivity index (χ1) is 11.1. The monoisotopic (exact) mass is 321 g/mol. The maximum atomic E-state index is 12.8. The lowest BCUT2D eigenvalue weighted by molar-refractivity contribution is 0.0163. The first-order valence-electron chi connectivity index (χ1n) is 8.73. The van der Waals surface area contributed by atoms with Crippen LogP contribution in [0.3, 0.4) is 0 Å². The Morgan fingerprint density at radius 1 is 1.30 bits per heavy atom. The van der Waals surface area contributed by atoms with E-state index in [1.54, 1.807) is 6.07 Å². The summed E-state index contributed by atoms with van der Waals surface area (Å²) in [7, 11) is 0. The van der Waals surface area contributed by atoms with Crippen molar-refractivity contribution in [3.8, 4) is 0 Å². The Kier molecular flexibility index (Phi) is 5.33. The lowest BCUT2D eigenvalue weighted by atomic mass is 10.0. The molecule has 2 aliphatic heterocycles. The largest absolute Gasteiger partial charge is 0.379 e. The predicted molar refractivity (Wildman–Crippen MR) is 86.5 cm³/mol. The van der Waals surface area contributed by atoms with Crippen LogP contribution in [0.5, 0.6) is 0 Å². The van der Waals surface area contributed by atoms with Crippen LogP contribution in [-0.2, 0) is 4.74 Å². The maximum Gasteiger partial charge on any atom is 0.276 e. The van der Waals surface area contributed by atoms with Crippen LogP contribution >= 0.6 is 0 Å². The molecule has 3 rings (SSSR count). The highest BCUT2D eigenvalue weighted by atomic mass is 16.5. The third-order valence-corrected chi connectivity index (χ3v) is 4.78. The van der Waals surface area contributed by atoms with Gasteiger partial charge in [0.15, 0.2) is 5.69 Å². The number of carbonyl (C=O) groups excluding carboxylic acids is 1. The second-order valence-corrected chi connectivity index (χ2v) is 6.83. The third-order valence-electron chi connectivity index (χ3n) is 4.78. The van der Waals surface area contributed by atoms with Crippen molar-refractivity contribution in [1.82, 2.24) is 15.0 Å². The zero-order valence-corrected chi connectivity index (χ0v) is 14.2. The number of hydrogen-bond donors (Lipinski definition) is 0. The van der Waals surface area contributed by atoms with E-state index in [9.17, 15) is 4.79 Å². The fourth-order valence-electron chi connectivity index (χ4n) is 3.35. The van der Waals surface area contributed by atoms with Crippen molar-refractivity contribution in [2.75, 3.05) is 39.4 Å². The van der Waals surface area contributed by atoms with E-state index in [2.05, 4.69) is 10.1 Å². The molecule has 2 saturated heterocycles. The number of nitrogens with zero attached hydrogens (tertiary/aromatic N) is 3. The van der Waals surface area contributed by atoms with Gasteiger partial charge in [-0.25, -0.2) is 0 Å². The molecule has 0 radical (unpaired) electrons. The molecule has 0 bridgehead atoms. The molecule has 6 nitrogen and oxygen atoms in total. The van der Waals surface area contributed by atoms with Gasteiger partial charge in [0.2, 0.25) is 0 Å². The summed E-state index contributed by atoms with van der Waals surface area (Å²) in [4.78, 5) is 17.3. The molecule has 6 heteroatoms. The molecule has 23 heavy (non-hydrogen) atoms. The van der Waals surface area contributed by atoms with Gasteiger partial charge in [0.1, 0.15) is 5.76 Å². The number of hydrogen-bond acceptors (Lipinski definition) is 5. The van der Waals surface area contributed by atoms with E-state index in [1.165, 1.54) is 6.42 Å². The van der Waals surface area contributed by atoms with Crippen LogP contribution in [-0.4, -0.2) is 66.3 Å². The van der Waals surface area contributed by atoms with Gasteiger partial charge in [-0.15, -0.1) is 0 Å². The number of carbonyl (C=O) groups is 1. The second-order valence-electron chi connectivity index (χ2n) is 6.83. The van der Waals surface area contributed by atoms with Crippen LogP contribution < -0.4 is 0 Å². The van der Waals surface area contributed by atoms with Gasteiger partial charge in [-0.2, -0.15) is 0 Å². The second kappa shape index (κ2) is 7.45. The molecule has 2 fully saturated rings. The van der Waals surface area contributed by atoms with Crippen LogP contribution in [0.1, 0.15) is 55.3 Å². The fraction of sp³-hybridized carbons (Fsp3) is 0.765. The molecule has 0 saturated carbocycles. The van der Waals surface area contributed by atoms with E-state index in [4.69, 9.17) is 9.26 Å². The van der Waals surface area contributed by atoms with Gasteiger partial charge in [0, 0.05) is 44.2 Å². The van der Waals surface area contributed by atoms with Gasteiger partial charge in [-0.1, -0.05) is 19.0 Å². The van der Waals surface area contributed by atoms with Crippen LogP contribution in [0.15, 0.2) is 10.6 Å². The topological polar surface area (TPSA) is 58.8 Å². The van der Waals surface area contributed by atoms with Crippen molar-refractivity contribution in [2.45, 2.75) is 45.1 Å². The smallest absolute Gasteiger partial charge is 0.276 e. The molecular weight excluding hydrogens is 294 g/mol. The van der Waals surface area contributed by atoms with Gasteiger partial charge in [0.05, 0.1) is 13.2 Å². The lowest BCUT2D eigenvalue weighted by Gasteiger charge is -2.39. The molecule has 0 aromatic carbocycles. The SMILES string of the molecule is CC(C)c1cc(C(=O)N2CCCC[C@H]2CN2CCOCC2)no1. The summed E-state index contributed by atoms with van der Waals surface area (Å²) in [5.74, 6) is 1.03. The summed E-state index contributed by atoms with van der Waals surface area (Å²) in [6.45, 7) is 9.33. The third kappa shape index (κ3) is 3.93. The molecule has 1 atom stereocenters. The van der Waals surface area contributed by atoms with Crippen LogP contribution in [0.4, 0.5) is 0 Å². The van der Waals surface area contributed by atoms with E-state index in [-0.39, 0.29) is 17.9 Å². The highest BCUT2D eigenvalue weighted by Crippen LogP contribution is 2.22. The minimum Gasteiger partial charge on any atom is -0.379 e. The summed E-state index contributed by atoms with van der Waals surface area (Å²) < 4.78 is 10.7. The van der Waals surface area contributed by atoms with Crippen LogP contribution in [0, 0.1) is 0 Å². The number of ether oxygens (including phenoxy) is 1. The molecule has 0 aliphatic carbocycles. The van der Waals surface area contributed by atoms with E-state index >= 15 is 0 Å². The number of piperidine rings is 1. The normalized spacial score (nSPS) is 23.4.